The van der Waals surface area contributed by atoms with Gasteiger partial charge in [0.05, 0.1) is 29.4 Å². The molecular weight excluding hydrogens is 488 g/mol. The monoisotopic (exact) mass is 524 g/mol. The van der Waals surface area contributed by atoms with E-state index < -0.39 is 11.0 Å². The standard InChI is InChI=1S/C31H36N6O2/c1-30(2,3)39-29(38)36-17-9-12-25(20-36)35-27(15-16-33-6)37-26(31(4,5)21-32)19-34-28(37)24-14-13-22-10-7-8-11-23(22)18-24/h7-8,10-11,13-16,18-19,25H,6,9,12,17,20H2,1-5H3/b16-15-,35-27?. The fourth-order valence-corrected chi connectivity index (χ4v) is 4.65. The van der Waals surface area contributed by atoms with Crippen LogP contribution in [0.5, 0.6) is 0 Å². The van der Waals surface area contributed by atoms with Crippen molar-refractivity contribution in [2.24, 2.45) is 9.98 Å². The van der Waals surface area contributed by atoms with Crippen molar-refractivity contribution in [1.29, 1.82) is 5.26 Å². The highest BCUT2D eigenvalue weighted by molar-refractivity contribution is 5.98. The van der Waals surface area contributed by atoms with Crippen LogP contribution in [-0.4, -0.2) is 57.8 Å². The van der Waals surface area contributed by atoms with Gasteiger partial charge in [0.15, 0.2) is 0 Å². The number of imidazole rings is 1. The molecule has 1 fully saturated rings. The third-order valence-electron chi connectivity index (χ3n) is 6.61. The number of piperidine rings is 1. The smallest absolute Gasteiger partial charge is 0.410 e. The summed E-state index contributed by atoms with van der Waals surface area (Å²) in [6.07, 6.45) is 6.39. The van der Waals surface area contributed by atoms with Crippen LogP contribution in [0, 0.1) is 11.3 Å². The third-order valence-corrected chi connectivity index (χ3v) is 6.61. The van der Waals surface area contributed by atoms with Gasteiger partial charge in [-0.1, -0.05) is 36.4 Å². The lowest BCUT2D eigenvalue weighted by atomic mass is 9.91. The summed E-state index contributed by atoms with van der Waals surface area (Å²) in [5.41, 5.74) is 0.203. The summed E-state index contributed by atoms with van der Waals surface area (Å²) in [4.78, 5) is 28.3. The van der Waals surface area contributed by atoms with E-state index >= 15 is 0 Å². The van der Waals surface area contributed by atoms with Gasteiger partial charge in [-0.25, -0.2) is 9.78 Å². The van der Waals surface area contributed by atoms with Crippen molar-refractivity contribution < 1.29 is 9.53 Å². The van der Waals surface area contributed by atoms with Crippen LogP contribution in [0.4, 0.5) is 4.79 Å². The van der Waals surface area contributed by atoms with E-state index in [0.717, 1.165) is 29.2 Å². The summed E-state index contributed by atoms with van der Waals surface area (Å²) in [5, 5.41) is 12.2. The van der Waals surface area contributed by atoms with E-state index in [2.05, 4.69) is 42.0 Å². The zero-order valence-corrected chi connectivity index (χ0v) is 23.4. The summed E-state index contributed by atoms with van der Waals surface area (Å²) < 4.78 is 7.54. The Kier molecular flexibility index (Phi) is 8.01. The molecule has 1 unspecified atom stereocenters. The Morgan fingerprint density at radius 3 is 2.62 bits per heavy atom. The number of rotatable bonds is 5. The van der Waals surface area contributed by atoms with Crippen LogP contribution < -0.4 is 0 Å². The molecule has 1 amide bonds. The number of hydrogen-bond donors (Lipinski definition) is 0. The number of aliphatic imine (C=N–C) groups is 2. The lowest BCUT2D eigenvalue weighted by molar-refractivity contribution is 0.0201. The van der Waals surface area contributed by atoms with Crippen molar-refractivity contribution in [2.75, 3.05) is 13.1 Å². The maximum Gasteiger partial charge on any atom is 0.410 e. The second-order valence-electron chi connectivity index (χ2n) is 11.3. The fraction of sp³-hybridized carbons (Fsp3) is 0.387. The summed E-state index contributed by atoms with van der Waals surface area (Å²) in [7, 11) is 0. The van der Waals surface area contributed by atoms with Crippen LogP contribution in [0.3, 0.4) is 0 Å². The Labute approximate surface area is 230 Å². The summed E-state index contributed by atoms with van der Waals surface area (Å²) in [5.74, 6) is 1.25. The predicted molar refractivity (Wildman–Crippen MR) is 156 cm³/mol. The van der Waals surface area contributed by atoms with Gasteiger partial charge in [0.2, 0.25) is 0 Å². The molecule has 1 aliphatic rings. The van der Waals surface area contributed by atoms with Crippen LogP contribution in [0.1, 0.15) is 53.2 Å². The maximum atomic E-state index is 12.8. The minimum Gasteiger partial charge on any atom is -0.444 e. The van der Waals surface area contributed by atoms with Crippen LogP contribution in [0.25, 0.3) is 22.2 Å². The van der Waals surface area contributed by atoms with E-state index in [0.29, 0.717) is 30.4 Å². The van der Waals surface area contributed by atoms with E-state index in [1.165, 1.54) is 0 Å². The average Bonchev–Trinajstić information content (AvgIpc) is 3.36. The van der Waals surface area contributed by atoms with Gasteiger partial charge in [0.1, 0.15) is 17.3 Å². The number of hydrogen-bond acceptors (Lipinski definition) is 6. The molecule has 3 aromatic rings. The molecule has 0 N–H and O–H groups in total. The van der Waals surface area contributed by atoms with Crippen LogP contribution in [0.2, 0.25) is 0 Å². The molecule has 8 heteroatoms. The van der Waals surface area contributed by atoms with Gasteiger partial charge in [0.25, 0.3) is 0 Å². The van der Waals surface area contributed by atoms with E-state index in [1.54, 1.807) is 23.4 Å². The van der Waals surface area contributed by atoms with Crippen LogP contribution >= 0.6 is 0 Å². The van der Waals surface area contributed by atoms with Crippen molar-refractivity contribution in [1.82, 2.24) is 14.5 Å². The number of carbonyl (C=O) groups is 1. The highest BCUT2D eigenvalue weighted by atomic mass is 16.6. The number of amides is 1. The van der Waals surface area contributed by atoms with Gasteiger partial charge in [-0.05, 0) is 77.1 Å². The van der Waals surface area contributed by atoms with Gasteiger partial charge < -0.3 is 9.64 Å². The molecule has 39 heavy (non-hydrogen) atoms. The summed E-state index contributed by atoms with van der Waals surface area (Å²) in [6, 6.07) is 16.6. The number of benzene rings is 2. The van der Waals surface area contributed by atoms with Gasteiger partial charge in [-0.3, -0.25) is 14.6 Å². The zero-order valence-electron chi connectivity index (χ0n) is 23.4. The Morgan fingerprint density at radius 1 is 1.18 bits per heavy atom. The van der Waals surface area contributed by atoms with Crippen molar-refractivity contribution in [3.63, 3.8) is 0 Å². The molecule has 2 heterocycles. The molecule has 0 spiro atoms. The first-order valence-corrected chi connectivity index (χ1v) is 13.2. The molecule has 8 nitrogen and oxygen atoms in total. The Bertz CT molecular complexity index is 1470. The molecule has 2 aromatic carbocycles. The third kappa shape index (κ3) is 6.43. The molecule has 0 saturated carbocycles. The lowest BCUT2D eigenvalue weighted by Gasteiger charge is -2.33. The van der Waals surface area contributed by atoms with E-state index in [4.69, 9.17) is 14.7 Å². The number of aromatic nitrogens is 2. The SMILES string of the molecule is C=N/C=C\C(=NC1CCCN(C(=O)OC(C)(C)C)C1)n1c(C(C)(C)C#N)cnc1-c1ccc2ccccc2c1. The molecule has 4 rings (SSSR count). The molecule has 1 aliphatic heterocycles. The molecule has 202 valence electrons. The molecule has 1 saturated heterocycles. The van der Waals surface area contributed by atoms with Gasteiger partial charge in [-0.15, -0.1) is 0 Å². The maximum absolute atomic E-state index is 12.8. The number of nitriles is 1. The summed E-state index contributed by atoms with van der Waals surface area (Å²) >= 11 is 0. The zero-order chi connectivity index (χ0) is 28.2. The molecular formula is C31H36N6O2. The average molecular weight is 525 g/mol. The van der Waals surface area contributed by atoms with Crippen molar-refractivity contribution in [3.05, 3.63) is 66.6 Å². The number of fused-ring (bicyclic) bond motifs is 1. The highest BCUT2D eigenvalue weighted by Gasteiger charge is 2.31. The van der Waals surface area contributed by atoms with Gasteiger partial charge in [0, 0.05) is 24.9 Å². The molecule has 0 bridgehead atoms. The van der Waals surface area contributed by atoms with Crippen LogP contribution in [0.15, 0.2) is 70.9 Å². The quantitative estimate of drug-likeness (QED) is 0.286. The fourth-order valence-electron chi connectivity index (χ4n) is 4.65. The van der Waals surface area contributed by atoms with Crippen molar-refractivity contribution >= 4 is 29.4 Å². The highest BCUT2D eigenvalue weighted by Crippen LogP contribution is 2.30. The largest absolute Gasteiger partial charge is 0.444 e. The first kappa shape index (κ1) is 27.8. The van der Waals surface area contributed by atoms with E-state index in [-0.39, 0.29) is 12.1 Å². The second-order valence-corrected chi connectivity index (χ2v) is 11.3. The number of ether oxygens (including phenoxy) is 1. The predicted octanol–water partition coefficient (Wildman–Crippen LogP) is 6.36. The topological polar surface area (TPSA) is 95.9 Å². The normalized spacial score (nSPS) is 16.9. The Morgan fingerprint density at radius 2 is 1.92 bits per heavy atom. The Hall–Kier alpha value is -4.25. The minimum absolute atomic E-state index is 0.166. The number of nitrogens with zero attached hydrogens (tertiary/aromatic N) is 6. The van der Waals surface area contributed by atoms with Crippen LogP contribution in [-0.2, 0) is 10.2 Å². The molecule has 0 radical (unpaired) electrons. The first-order valence-electron chi connectivity index (χ1n) is 13.2. The van der Waals surface area contributed by atoms with Crippen molar-refractivity contribution in [2.45, 2.75) is 64.5 Å². The number of carbonyl (C=O) groups excluding carboxylic acids is 1. The lowest BCUT2D eigenvalue weighted by Crippen LogP contribution is -2.44. The number of allylic oxidation sites excluding steroid dienone is 1. The molecule has 0 aliphatic carbocycles. The molecule has 1 aromatic heterocycles. The van der Waals surface area contributed by atoms with E-state index in [9.17, 15) is 10.1 Å². The summed E-state index contributed by atoms with van der Waals surface area (Å²) in [6.45, 7) is 14.0. The second kappa shape index (κ2) is 11.2. The van der Waals surface area contributed by atoms with Gasteiger partial charge >= 0.3 is 6.09 Å². The Balaban J connectivity index is 1.82. The number of likely N-dealkylation sites (tertiary alicyclic amines) is 1. The minimum atomic E-state index is -0.840. The van der Waals surface area contributed by atoms with Crippen molar-refractivity contribution in [3.8, 4) is 17.5 Å². The molecule has 1 atom stereocenters. The van der Waals surface area contributed by atoms with Gasteiger partial charge in [-0.2, -0.15) is 5.26 Å². The first-order chi connectivity index (χ1) is 18.5. The van der Waals surface area contributed by atoms with E-state index in [1.807, 2.05) is 57.4 Å².